The maximum atomic E-state index is 5.22. The van der Waals surface area contributed by atoms with Gasteiger partial charge in [-0.25, -0.2) is 0 Å². The van der Waals surface area contributed by atoms with Crippen molar-refractivity contribution >= 4 is 15.9 Å². The third-order valence-corrected chi connectivity index (χ3v) is 3.29. The molecule has 0 aromatic carbocycles. The molecule has 0 saturated heterocycles. The zero-order chi connectivity index (χ0) is 11.4. The Bertz CT molecular complexity index is 138. The van der Waals surface area contributed by atoms with Crippen LogP contribution in [0.5, 0.6) is 0 Å². The molecule has 0 unspecified atom stereocenters. The van der Waals surface area contributed by atoms with Gasteiger partial charge < -0.3 is 18.6 Å². The van der Waals surface area contributed by atoms with Crippen molar-refractivity contribution in [1.82, 2.24) is 5.32 Å². The lowest BCUT2D eigenvalue weighted by molar-refractivity contribution is 0.107. The molecule has 0 atom stereocenters. The standard InChI is InChI=1S/C6H16O3Si.C3H6N2/c1-4-7-10(8-5-2)9-6-3;1-2-5-3-4-1/h10H,4-6H2,1-3H3;3H,1-2H2,(H,4,5). The summed E-state index contributed by atoms with van der Waals surface area (Å²) in [6.07, 6.45) is 1.74. The van der Waals surface area contributed by atoms with Crippen molar-refractivity contribution in [2.75, 3.05) is 32.9 Å². The van der Waals surface area contributed by atoms with Gasteiger partial charge in [-0.15, -0.1) is 0 Å². The van der Waals surface area contributed by atoms with E-state index in [-0.39, 0.29) is 0 Å². The second kappa shape index (κ2) is 11.6. The summed E-state index contributed by atoms with van der Waals surface area (Å²) in [6.45, 7) is 9.85. The molecule has 0 aromatic heterocycles. The fourth-order valence-electron chi connectivity index (χ4n) is 0.875. The maximum Gasteiger partial charge on any atom is 0.484 e. The average molecular weight is 234 g/mol. The van der Waals surface area contributed by atoms with Crippen LogP contribution in [-0.4, -0.2) is 48.8 Å². The minimum absolute atomic E-state index is 0.677. The summed E-state index contributed by atoms with van der Waals surface area (Å²) in [5.41, 5.74) is 0. The second-order valence-corrected chi connectivity index (χ2v) is 4.22. The minimum atomic E-state index is -1.73. The zero-order valence-electron chi connectivity index (χ0n) is 9.86. The Morgan fingerprint density at radius 3 is 1.87 bits per heavy atom. The fourth-order valence-corrected chi connectivity index (χ4v) is 1.98. The number of hydrogen-bond acceptors (Lipinski definition) is 5. The number of hydrogen-bond donors (Lipinski definition) is 1. The molecule has 1 N–H and O–H groups in total. The van der Waals surface area contributed by atoms with Crippen LogP contribution in [0.2, 0.25) is 0 Å². The minimum Gasteiger partial charge on any atom is -0.376 e. The Hall–Kier alpha value is -0.433. The average Bonchev–Trinajstić information content (AvgIpc) is 2.77. The van der Waals surface area contributed by atoms with Gasteiger partial charge in [0.05, 0.1) is 12.9 Å². The molecular formula is C9H22N2O3Si. The van der Waals surface area contributed by atoms with E-state index in [4.69, 9.17) is 13.3 Å². The molecule has 0 fully saturated rings. The fraction of sp³-hybridized carbons (Fsp3) is 0.889. The molecule has 0 aliphatic carbocycles. The molecule has 90 valence electrons. The van der Waals surface area contributed by atoms with Gasteiger partial charge in [0.15, 0.2) is 0 Å². The SMILES string of the molecule is C1=NCCN1.CCO[SiH](OCC)OCC. The molecular weight excluding hydrogens is 212 g/mol. The second-order valence-electron chi connectivity index (χ2n) is 2.64. The normalized spacial score (nSPS) is 13.6. The third kappa shape index (κ3) is 9.86. The highest BCUT2D eigenvalue weighted by molar-refractivity contribution is 6.36. The summed E-state index contributed by atoms with van der Waals surface area (Å²) in [4.78, 5) is 3.85. The number of aliphatic imine (C=N–C) groups is 1. The van der Waals surface area contributed by atoms with Crippen molar-refractivity contribution < 1.29 is 13.3 Å². The number of rotatable bonds is 6. The largest absolute Gasteiger partial charge is 0.484 e. The molecule has 0 aromatic rings. The summed E-state index contributed by atoms with van der Waals surface area (Å²) in [7, 11) is -1.73. The monoisotopic (exact) mass is 234 g/mol. The summed E-state index contributed by atoms with van der Waals surface area (Å²) >= 11 is 0. The topological polar surface area (TPSA) is 52.1 Å². The molecule has 1 aliphatic heterocycles. The summed E-state index contributed by atoms with van der Waals surface area (Å²) < 4.78 is 15.7. The first-order valence-electron chi connectivity index (χ1n) is 5.41. The highest BCUT2D eigenvalue weighted by Crippen LogP contribution is 1.91. The van der Waals surface area contributed by atoms with Gasteiger partial charge in [0.1, 0.15) is 0 Å². The Balaban J connectivity index is 0.000000322. The van der Waals surface area contributed by atoms with Gasteiger partial charge in [0.25, 0.3) is 0 Å². The summed E-state index contributed by atoms with van der Waals surface area (Å²) in [5.74, 6) is 0. The molecule has 1 aliphatic rings. The lowest BCUT2D eigenvalue weighted by Gasteiger charge is -2.12. The molecule has 0 amide bonds. The molecule has 15 heavy (non-hydrogen) atoms. The van der Waals surface area contributed by atoms with Crippen LogP contribution in [-0.2, 0) is 13.3 Å². The van der Waals surface area contributed by atoms with Crippen molar-refractivity contribution in [3.05, 3.63) is 0 Å². The van der Waals surface area contributed by atoms with Gasteiger partial charge >= 0.3 is 9.53 Å². The molecule has 1 rings (SSSR count). The zero-order valence-corrected chi connectivity index (χ0v) is 11.0. The summed E-state index contributed by atoms with van der Waals surface area (Å²) in [6, 6.07) is 0. The predicted octanol–water partition coefficient (Wildman–Crippen LogP) is 0.431. The van der Waals surface area contributed by atoms with Crippen LogP contribution in [0.3, 0.4) is 0 Å². The molecule has 5 nitrogen and oxygen atoms in total. The van der Waals surface area contributed by atoms with Crippen LogP contribution in [0.1, 0.15) is 20.8 Å². The van der Waals surface area contributed by atoms with E-state index in [0.29, 0.717) is 19.8 Å². The third-order valence-electron chi connectivity index (χ3n) is 1.48. The Morgan fingerprint density at radius 2 is 1.67 bits per heavy atom. The molecule has 0 bridgehead atoms. The quantitative estimate of drug-likeness (QED) is 0.677. The Labute approximate surface area is 93.8 Å². The number of nitrogens with one attached hydrogen (secondary N) is 1. The molecule has 0 radical (unpaired) electrons. The van der Waals surface area contributed by atoms with Crippen molar-refractivity contribution in [2.45, 2.75) is 20.8 Å². The van der Waals surface area contributed by atoms with Gasteiger partial charge in [-0.2, -0.15) is 0 Å². The molecule has 0 saturated carbocycles. The highest BCUT2D eigenvalue weighted by Gasteiger charge is 2.11. The van der Waals surface area contributed by atoms with Crippen LogP contribution < -0.4 is 5.32 Å². The summed E-state index contributed by atoms with van der Waals surface area (Å²) in [5, 5.41) is 2.93. The van der Waals surface area contributed by atoms with Gasteiger partial charge in [0, 0.05) is 26.4 Å². The first-order chi connectivity index (χ1) is 7.35. The lowest BCUT2D eigenvalue weighted by Crippen LogP contribution is -2.27. The first-order valence-corrected chi connectivity index (χ1v) is 6.83. The van der Waals surface area contributed by atoms with Crippen molar-refractivity contribution in [1.29, 1.82) is 0 Å². The van der Waals surface area contributed by atoms with Gasteiger partial charge in [-0.1, -0.05) is 0 Å². The Kier molecular flexibility index (Phi) is 11.3. The first kappa shape index (κ1) is 14.6. The van der Waals surface area contributed by atoms with E-state index < -0.39 is 9.53 Å². The lowest BCUT2D eigenvalue weighted by atomic mass is 10.7. The van der Waals surface area contributed by atoms with Gasteiger partial charge in [0.2, 0.25) is 0 Å². The van der Waals surface area contributed by atoms with Gasteiger partial charge in [-0.3, -0.25) is 4.99 Å². The van der Waals surface area contributed by atoms with Crippen LogP contribution in [0, 0.1) is 0 Å². The van der Waals surface area contributed by atoms with Crippen molar-refractivity contribution in [3.8, 4) is 0 Å². The highest BCUT2D eigenvalue weighted by atomic mass is 28.3. The Morgan fingerprint density at radius 1 is 1.13 bits per heavy atom. The van der Waals surface area contributed by atoms with Crippen LogP contribution in [0.25, 0.3) is 0 Å². The predicted molar refractivity (Wildman–Crippen MR) is 63.4 cm³/mol. The van der Waals surface area contributed by atoms with E-state index in [1.165, 1.54) is 0 Å². The van der Waals surface area contributed by atoms with E-state index in [9.17, 15) is 0 Å². The molecule has 1 heterocycles. The van der Waals surface area contributed by atoms with Crippen molar-refractivity contribution in [3.63, 3.8) is 0 Å². The van der Waals surface area contributed by atoms with Crippen LogP contribution in [0.15, 0.2) is 4.99 Å². The van der Waals surface area contributed by atoms with E-state index in [0.717, 1.165) is 13.1 Å². The van der Waals surface area contributed by atoms with Crippen LogP contribution in [0.4, 0.5) is 0 Å². The molecule has 6 heteroatoms. The van der Waals surface area contributed by atoms with E-state index in [1.54, 1.807) is 6.34 Å². The smallest absolute Gasteiger partial charge is 0.376 e. The van der Waals surface area contributed by atoms with Crippen molar-refractivity contribution in [2.24, 2.45) is 4.99 Å². The molecule has 0 spiro atoms. The van der Waals surface area contributed by atoms with E-state index in [1.807, 2.05) is 20.8 Å². The van der Waals surface area contributed by atoms with Gasteiger partial charge in [-0.05, 0) is 20.8 Å². The maximum absolute atomic E-state index is 5.22. The van der Waals surface area contributed by atoms with E-state index in [2.05, 4.69) is 10.3 Å². The number of nitrogens with zero attached hydrogens (tertiary/aromatic N) is 1. The van der Waals surface area contributed by atoms with E-state index >= 15 is 0 Å². The van der Waals surface area contributed by atoms with Crippen LogP contribution >= 0.6 is 0 Å².